The first-order valence-corrected chi connectivity index (χ1v) is 12.7. The molecule has 0 amide bonds. The zero-order valence-corrected chi connectivity index (χ0v) is 21.2. The molecule has 4 heteroatoms. The van der Waals surface area contributed by atoms with Crippen molar-refractivity contribution in [3.63, 3.8) is 0 Å². The van der Waals surface area contributed by atoms with Crippen molar-refractivity contribution < 1.29 is 14.0 Å². The zero-order chi connectivity index (χ0) is 24.7. The second kappa shape index (κ2) is 7.35. The van der Waals surface area contributed by atoms with Crippen molar-refractivity contribution in [3.8, 4) is 22.6 Å². The minimum atomic E-state index is -0.475. The molecule has 178 valence electrons. The van der Waals surface area contributed by atoms with Crippen molar-refractivity contribution >= 4 is 12.6 Å². The van der Waals surface area contributed by atoms with Crippen LogP contribution in [-0.4, -0.2) is 19.3 Å². The standard InChI is InChI=1S/C32H29BO3/c1-30(2)20-34-33(36-31(30,3)4)26-17-11-16-25-29(26)21-12-5-6-13-22(21)32(25)23-14-7-9-18-27(23)35-28-19-10-8-15-24(28)32/h5-19H,20H2,1-4H3. The summed E-state index contributed by atoms with van der Waals surface area (Å²) in [4.78, 5) is 0. The Kier molecular flexibility index (Phi) is 4.47. The highest BCUT2D eigenvalue weighted by molar-refractivity contribution is 6.63. The molecule has 1 aliphatic carbocycles. The summed E-state index contributed by atoms with van der Waals surface area (Å²) < 4.78 is 19.5. The molecule has 7 rings (SSSR count). The van der Waals surface area contributed by atoms with Crippen molar-refractivity contribution in [1.82, 2.24) is 0 Å². The van der Waals surface area contributed by atoms with E-state index in [1.807, 2.05) is 12.1 Å². The average molecular weight is 472 g/mol. The van der Waals surface area contributed by atoms with E-state index in [2.05, 4.69) is 107 Å². The summed E-state index contributed by atoms with van der Waals surface area (Å²) >= 11 is 0. The van der Waals surface area contributed by atoms with Gasteiger partial charge in [0.25, 0.3) is 0 Å². The lowest BCUT2D eigenvalue weighted by atomic mass is 9.64. The molecule has 1 spiro atoms. The molecule has 3 nitrogen and oxygen atoms in total. The summed E-state index contributed by atoms with van der Waals surface area (Å²) in [7, 11) is -0.434. The van der Waals surface area contributed by atoms with Crippen LogP contribution in [0.1, 0.15) is 49.9 Å². The molecular weight excluding hydrogens is 443 g/mol. The monoisotopic (exact) mass is 472 g/mol. The Morgan fingerprint density at radius 3 is 1.89 bits per heavy atom. The van der Waals surface area contributed by atoms with Gasteiger partial charge in [0.1, 0.15) is 11.5 Å². The Labute approximate surface area is 213 Å². The number of hydrogen-bond donors (Lipinski definition) is 0. The molecule has 2 heterocycles. The zero-order valence-electron chi connectivity index (χ0n) is 21.2. The van der Waals surface area contributed by atoms with E-state index in [1.165, 1.54) is 33.4 Å². The van der Waals surface area contributed by atoms with Crippen LogP contribution < -0.4 is 10.2 Å². The van der Waals surface area contributed by atoms with Crippen molar-refractivity contribution in [2.45, 2.75) is 38.7 Å². The number of ether oxygens (including phenoxy) is 1. The van der Waals surface area contributed by atoms with Crippen LogP contribution in [0.3, 0.4) is 0 Å². The van der Waals surface area contributed by atoms with Crippen LogP contribution >= 0.6 is 0 Å². The minimum Gasteiger partial charge on any atom is -0.457 e. The van der Waals surface area contributed by atoms with Gasteiger partial charge in [0.2, 0.25) is 0 Å². The molecule has 36 heavy (non-hydrogen) atoms. The Balaban J connectivity index is 1.54. The fraction of sp³-hybridized carbons (Fsp3) is 0.250. The van der Waals surface area contributed by atoms with E-state index in [4.69, 9.17) is 14.0 Å². The molecule has 0 radical (unpaired) electrons. The highest BCUT2D eigenvalue weighted by Crippen LogP contribution is 2.61. The summed E-state index contributed by atoms with van der Waals surface area (Å²) in [5.74, 6) is 1.80. The highest BCUT2D eigenvalue weighted by Gasteiger charge is 2.53. The Morgan fingerprint density at radius 2 is 1.22 bits per heavy atom. The smallest absolute Gasteiger partial charge is 0.457 e. The van der Waals surface area contributed by atoms with Crippen molar-refractivity contribution in [2.24, 2.45) is 5.41 Å². The molecule has 1 saturated heterocycles. The number of para-hydroxylation sites is 2. The summed E-state index contributed by atoms with van der Waals surface area (Å²) in [6.07, 6.45) is 0. The normalized spacial score (nSPS) is 19.6. The molecule has 0 N–H and O–H groups in total. The van der Waals surface area contributed by atoms with Gasteiger partial charge in [0.05, 0.1) is 11.0 Å². The maximum absolute atomic E-state index is 6.68. The summed E-state index contributed by atoms with van der Waals surface area (Å²) in [5.41, 5.74) is 7.48. The molecule has 2 aliphatic heterocycles. The van der Waals surface area contributed by atoms with Crippen LogP contribution in [0.4, 0.5) is 0 Å². The maximum Gasteiger partial charge on any atom is 0.494 e. The topological polar surface area (TPSA) is 27.7 Å². The lowest BCUT2D eigenvalue weighted by Gasteiger charge is -2.47. The average Bonchev–Trinajstić information content (AvgIpc) is 3.17. The largest absolute Gasteiger partial charge is 0.494 e. The van der Waals surface area contributed by atoms with E-state index >= 15 is 0 Å². The van der Waals surface area contributed by atoms with Gasteiger partial charge in [-0.3, -0.25) is 0 Å². The molecule has 0 unspecified atom stereocenters. The van der Waals surface area contributed by atoms with Gasteiger partial charge in [0, 0.05) is 23.1 Å². The molecule has 0 aromatic heterocycles. The van der Waals surface area contributed by atoms with Gasteiger partial charge >= 0.3 is 7.12 Å². The quantitative estimate of drug-likeness (QED) is 0.249. The van der Waals surface area contributed by atoms with E-state index in [9.17, 15) is 0 Å². The fourth-order valence-corrected chi connectivity index (χ4v) is 6.20. The van der Waals surface area contributed by atoms with Crippen molar-refractivity contribution in [3.05, 3.63) is 113 Å². The fourth-order valence-electron chi connectivity index (χ4n) is 6.20. The van der Waals surface area contributed by atoms with Gasteiger partial charge in [-0.2, -0.15) is 0 Å². The molecule has 0 saturated carbocycles. The lowest BCUT2D eigenvalue weighted by molar-refractivity contribution is -0.0937. The minimum absolute atomic E-state index is 0.0842. The summed E-state index contributed by atoms with van der Waals surface area (Å²) in [5, 5.41) is 0. The van der Waals surface area contributed by atoms with Crippen LogP contribution in [0.2, 0.25) is 0 Å². The third-order valence-electron chi connectivity index (χ3n) is 8.78. The van der Waals surface area contributed by atoms with Crippen LogP contribution in [0.5, 0.6) is 11.5 Å². The number of hydrogen-bond acceptors (Lipinski definition) is 3. The first-order chi connectivity index (χ1) is 17.3. The summed E-state index contributed by atoms with van der Waals surface area (Å²) in [6.45, 7) is 9.40. The number of benzene rings is 4. The predicted molar refractivity (Wildman–Crippen MR) is 144 cm³/mol. The summed E-state index contributed by atoms with van der Waals surface area (Å²) in [6, 6.07) is 32.3. The predicted octanol–water partition coefficient (Wildman–Crippen LogP) is 6.70. The molecule has 0 atom stereocenters. The van der Waals surface area contributed by atoms with Crippen LogP contribution in [-0.2, 0) is 14.7 Å². The Hall–Kier alpha value is -3.34. The van der Waals surface area contributed by atoms with Gasteiger partial charge < -0.3 is 14.0 Å². The Bertz CT molecular complexity index is 1470. The lowest BCUT2D eigenvalue weighted by Crippen LogP contribution is -2.58. The second-order valence-corrected chi connectivity index (χ2v) is 11.3. The molecule has 4 aromatic rings. The van der Waals surface area contributed by atoms with E-state index < -0.39 is 12.5 Å². The van der Waals surface area contributed by atoms with Gasteiger partial charge in [-0.05, 0) is 53.7 Å². The molecule has 3 aliphatic rings. The first kappa shape index (κ1) is 21.9. The van der Waals surface area contributed by atoms with Gasteiger partial charge in [-0.15, -0.1) is 0 Å². The van der Waals surface area contributed by atoms with E-state index in [1.54, 1.807) is 0 Å². The highest BCUT2D eigenvalue weighted by atomic mass is 16.6. The van der Waals surface area contributed by atoms with Crippen molar-refractivity contribution in [1.29, 1.82) is 0 Å². The SMILES string of the molecule is CC1(C)COB(c2cccc3c2-c2ccccc2C32c3ccccc3Oc3ccccc32)OC1(C)C. The third-order valence-corrected chi connectivity index (χ3v) is 8.78. The number of rotatable bonds is 1. The maximum atomic E-state index is 6.68. The first-order valence-electron chi connectivity index (χ1n) is 12.7. The number of fused-ring (bicyclic) bond motifs is 9. The van der Waals surface area contributed by atoms with Crippen LogP contribution in [0.15, 0.2) is 91.0 Å². The van der Waals surface area contributed by atoms with E-state index in [0.29, 0.717) is 6.61 Å². The molecule has 0 bridgehead atoms. The van der Waals surface area contributed by atoms with E-state index in [0.717, 1.165) is 17.0 Å². The van der Waals surface area contributed by atoms with E-state index in [-0.39, 0.29) is 11.0 Å². The Morgan fingerprint density at radius 1 is 0.639 bits per heavy atom. The van der Waals surface area contributed by atoms with Crippen LogP contribution in [0.25, 0.3) is 11.1 Å². The molecular formula is C32H29BO3. The third kappa shape index (κ3) is 2.72. The van der Waals surface area contributed by atoms with Gasteiger partial charge in [-0.1, -0.05) is 92.7 Å². The van der Waals surface area contributed by atoms with Gasteiger partial charge in [-0.25, -0.2) is 0 Å². The molecule has 4 aromatic carbocycles. The van der Waals surface area contributed by atoms with Crippen LogP contribution in [0, 0.1) is 5.41 Å². The van der Waals surface area contributed by atoms with Gasteiger partial charge in [0.15, 0.2) is 0 Å². The van der Waals surface area contributed by atoms with Crippen molar-refractivity contribution in [2.75, 3.05) is 6.61 Å². The molecule has 1 fully saturated rings. The second-order valence-electron chi connectivity index (χ2n) is 11.3.